The lowest BCUT2D eigenvalue weighted by atomic mass is 10.1. The number of morpholine rings is 1. The van der Waals surface area contributed by atoms with Crippen LogP contribution in [0.15, 0.2) is 24.5 Å². The van der Waals surface area contributed by atoms with E-state index in [0.29, 0.717) is 32.7 Å². The highest BCUT2D eigenvalue weighted by Crippen LogP contribution is 2.27. The zero-order chi connectivity index (χ0) is 16.4. The van der Waals surface area contributed by atoms with Gasteiger partial charge in [-0.05, 0) is 25.5 Å². The Labute approximate surface area is 137 Å². The van der Waals surface area contributed by atoms with E-state index in [-0.39, 0.29) is 18.2 Å². The van der Waals surface area contributed by atoms with Crippen molar-refractivity contribution in [1.29, 1.82) is 0 Å². The molecule has 1 aromatic heterocycles. The van der Waals surface area contributed by atoms with E-state index in [4.69, 9.17) is 4.74 Å². The van der Waals surface area contributed by atoms with Crippen molar-refractivity contribution < 1.29 is 13.2 Å². The minimum Gasteiger partial charge on any atom is -0.373 e. The van der Waals surface area contributed by atoms with Crippen LogP contribution < -0.4 is 5.32 Å². The van der Waals surface area contributed by atoms with Gasteiger partial charge in [0.25, 0.3) is 10.2 Å². The molecule has 23 heavy (non-hydrogen) atoms. The number of piperazine rings is 1. The third kappa shape index (κ3) is 3.56. The third-order valence-corrected chi connectivity index (χ3v) is 6.25. The molecule has 7 nitrogen and oxygen atoms in total. The molecule has 0 bridgehead atoms. The predicted octanol–water partition coefficient (Wildman–Crippen LogP) is 0.382. The second-order valence-corrected chi connectivity index (χ2v) is 8.08. The second kappa shape index (κ2) is 6.82. The molecule has 2 aliphatic rings. The van der Waals surface area contributed by atoms with Gasteiger partial charge in [0, 0.05) is 45.1 Å². The average molecular weight is 340 g/mol. The van der Waals surface area contributed by atoms with Crippen LogP contribution in [-0.4, -0.2) is 66.9 Å². The summed E-state index contributed by atoms with van der Waals surface area (Å²) in [5.74, 6) is 0. The van der Waals surface area contributed by atoms with Crippen molar-refractivity contribution in [1.82, 2.24) is 18.9 Å². The molecule has 128 valence electrons. The van der Waals surface area contributed by atoms with E-state index in [9.17, 15) is 8.42 Å². The van der Waals surface area contributed by atoms with Crippen LogP contribution in [0.5, 0.6) is 0 Å². The van der Waals surface area contributed by atoms with Crippen molar-refractivity contribution in [3.63, 3.8) is 0 Å². The standard InChI is InChI=1S/C15H24N4O3S/c1-12-10-18(11-13(2)22-12)23(20,21)19-7-6-17-9-15(19)14-4-3-5-16-8-14/h3-5,8,12-13,15,17H,6-7,9-11H2,1-2H3. The van der Waals surface area contributed by atoms with E-state index in [1.165, 1.54) is 0 Å². The molecule has 1 aromatic rings. The number of hydrogen-bond acceptors (Lipinski definition) is 5. The molecule has 0 aromatic carbocycles. The lowest BCUT2D eigenvalue weighted by Crippen LogP contribution is -2.57. The number of hydrogen-bond donors (Lipinski definition) is 1. The largest absolute Gasteiger partial charge is 0.373 e. The molecule has 0 radical (unpaired) electrons. The van der Waals surface area contributed by atoms with Crippen molar-refractivity contribution >= 4 is 10.2 Å². The highest BCUT2D eigenvalue weighted by molar-refractivity contribution is 7.86. The molecule has 2 fully saturated rings. The van der Waals surface area contributed by atoms with Crippen LogP contribution in [0.4, 0.5) is 0 Å². The van der Waals surface area contributed by atoms with E-state index in [1.807, 2.05) is 26.0 Å². The molecule has 2 aliphatic heterocycles. The summed E-state index contributed by atoms with van der Waals surface area (Å²) in [6.07, 6.45) is 3.26. The van der Waals surface area contributed by atoms with Gasteiger partial charge in [-0.1, -0.05) is 6.07 Å². The first-order valence-electron chi connectivity index (χ1n) is 8.01. The Morgan fingerprint density at radius 1 is 1.30 bits per heavy atom. The molecule has 3 heterocycles. The maximum absolute atomic E-state index is 13.2. The summed E-state index contributed by atoms with van der Waals surface area (Å²) in [5, 5.41) is 3.28. The molecular formula is C15H24N4O3S. The Morgan fingerprint density at radius 2 is 2.04 bits per heavy atom. The fraction of sp³-hybridized carbons (Fsp3) is 0.667. The zero-order valence-corrected chi connectivity index (χ0v) is 14.4. The molecular weight excluding hydrogens is 316 g/mol. The van der Waals surface area contributed by atoms with Crippen molar-refractivity contribution in [2.75, 3.05) is 32.7 Å². The molecule has 0 aliphatic carbocycles. The molecule has 3 rings (SSSR count). The van der Waals surface area contributed by atoms with Crippen LogP contribution in [0.1, 0.15) is 25.5 Å². The fourth-order valence-corrected chi connectivity index (χ4v) is 5.22. The van der Waals surface area contributed by atoms with Crippen LogP contribution in [-0.2, 0) is 14.9 Å². The Hall–Kier alpha value is -1.06. The normalized spacial score (nSPS) is 31.1. The number of aromatic nitrogens is 1. The van der Waals surface area contributed by atoms with Gasteiger partial charge in [-0.3, -0.25) is 4.98 Å². The van der Waals surface area contributed by atoms with Crippen LogP contribution in [0.2, 0.25) is 0 Å². The molecule has 3 unspecified atom stereocenters. The van der Waals surface area contributed by atoms with Crippen molar-refractivity contribution in [2.24, 2.45) is 0 Å². The summed E-state index contributed by atoms with van der Waals surface area (Å²) < 4.78 is 35.1. The van der Waals surface area contributed by atoms with Gasteiger partial charge in [0.15, 0.2) is 0 Å². The number of nitrogens with zero attached hydrogens (tertiary/aromatic N) is 3. The van der Waals surface area contributed by atoms with E-state index < -0.39 is 10.2 Å². The number of ether oxygens (including phenoxy) is 1. The van der Waals surface area contributed by atoms with Gasteiger partial charge >= 0.3 is 0 Å². The summed E-state index contributed by atoms with van der Waals surface area (Å²) in [7, 11) is -3.53. The van der Waals surface area contributed by atoms with E-state index in [2.05, 4.69) is 10.3 Å². The minimum atomic E-state index is -3.53. The fourth-order valence-electron chi connectivity index (χ4n) is 3.29. The van der Waals surface area contributed by atoms with Gasteiger partial charge < -0.3 is 10.1 Å². The van der Waals surface area contributed by atoms with Gasteiger partial charge in [0.05, 0.1) is 18.2 Å². The first-order valence-corrected chi connectivity index (χ1v) is 9.41. The van der Waals surface area contributed by atoms with Gasteiger partial charge in [-0.15, -0.1) is 0 Å². The van der Waals surface area contributed by atoms with Crippen LogP contribution >= 0.6 is 0 Å². The second-order valence-electron chi connectivity index (χ2n) is 6.20. The highest BCUT2D eigenvalue weighted by Gasteiger charge is 2.40. The van der Waals surface area contributed by atoms with Crippen LogP contribution in [0.25, 0.3) is 0 Å². The molecule has 3 atom stereocenters. The first kappa shape index (κ1) is 16.8. The summed E-state index contributed by atoms with van der Waals surface area (Å²) in [6, 6.07) is 3.54. The van der Waals surface area contributed by atoms with Gasteiger partial charge in [0.2, 0.25) is 0 Å². The van der Waals surface area contributed by atoms with Crippen molar-refractivity contribution in [2.45, 2.75) is 32.1 Å². The molecule has 0 saturated carbocycles. The monoisotopic (exact) mass is 340 g/mol. The molecule has 0 amide bonds. The molecule has 0 spiro atoms. The van der Waals surface area contributed by atoms with E-state index in [1.54, 1.807) is 21.0 Å². The summed E-state index contributed by atoms with van der Waals surface area (Å²) in [5.41, 5.74) is 0.914. The zero-order valence-electron chi connectivity index (χ0n) is 13.6. The van der Waals surface area contributed by atoms with Gasteiger partial charge in [0.1, 0.15) is 0 Å². The Kier molecular flexibility index (Phi) is 4.98. The molecule has 8 heteroatoms. The highest BCUT2D eigenvalue weighted by atomic mass is 32.2. The van der Waals surface area contributed by atoms with Crippen LogP contribution in [0.3, 0.4) is 0 Å². The molecule has 1 N–H and O–H groups in total. The van der Waals surface area contributed by atoms with Crippen LogP contribution in [0, 0.1) is 0 Å². The summed E-state index contributed by atoms with van der Waals surface area (Å²) in [6.45, 7) is 6.34. The van der Waals surface area contributed by atoms with E-state index >= 15 is 0 Å². The van der Waals surface area contributed by atoms with Gasteiger partial charge in [-0.2, -0.15) is 17.0 Å². The van der Waals surface area contributed by atoms with E-state index in [0.717, 1.165) is 5.56 Å². The smallest absolute Gasteiger partial charge is 0.282 e. The third-order valence-electron chi connectivity index (χ3n) is 4.27. The summed E-state index contributed by atoms with van der Waals surface area (Å²) >= 11 is 0. The quantitative estimate of drug-likeness (QED) is 0.861. The maximum atomic E-state index is 13.2. The minimum absolute atomic E-state index is 0.0896. The maximum Gasteiger partial charge on any atom is 0.282 e. The Balaban J connectivity index is 1.87. The van der Waals surface area contributed by atoms with Crippen molar-refractivity contribution in [3.8, 4) is 0 Å². The first-order chi connectivity index (χ1) is 11.0. The number of nitrogens with one attached hydrogen (secondary N) is 1. The van der Waals surface area contributed by atoms with Gasteiger partial charge in [-0.25, -0.2) is 0 Å². The number of pyridine rings is 1. The Morgan fingerprint density at radius 3 is 2.70 bits per heavy atom. The average Bonchev–Trinajstić information content (AvgIpc) is 2.55. The Bertz CT molecular complexity index is 615. The SMILES string of the molecule is CC1CN(S(=O)(=O)N2CCNCC2c2cccnc2)CC(C)O1. The number of rotatable bonds is 3. The topological polar surface area (TPSA) is 74.8 Å². The van der Waals surface area contributed by atoms with Crippen molar-refractivity contribution in [3.05, 3.63) is 30.1 Å². The lowest BCUT2D eigenvalue weighted by molar-refractivity contribution is -0.0459. The summed E-state index contributed by atoms with van der Waals surface area (Å²) in [4.78, 5) is 4.13. The lowest BCUT2D eigenvalue weighted by Gasteiger charge is -2.41. The predicted molar refractivity (Wildman–Crippen MR) is 87.1 cm³/mol. The molecule has 2 saturated heterocycles.